The summed E-state index contributed by atoms with van der Waals surface area (Å²) in [6.45, 7) is 0.297. The van der Waals surface area contributed by atoms with E-state index < -0.39 is 17.5 Å². The van der Waals surface area contributed by atoms with Gasteiger partial charge in [0.25, 0.3) is 5.91 Å². The zero-order valence-corrected chi connectivity index (χ0v) is 12.8. The molecule has 0 unspecified atom stereocenters. The first kappa shape index (κ1) is 15.4. The number of hydrogen-bond donors (Lipinski definition) is 1. The lowest BCUT2D eigenvalue weighted by Gasteiger charge is -2.14. The summed E-state index contributed by atoms with van der Waals surface area (Å²) < 4.78 is 31.6. The lowest BCUT2D eigenvalue weighted by Crippen LogP contribution is -2.28. The van der Waals surface area contributed by atoms with E-state index in [9.17, 15) is 13.6 Å². The van der Waals surface area contributed by atoms with Gasteiger partial charge in [0.1, 0.15) is 5.76 Å². The lowest BCUT2D eigenvalue weighted by atomic mass is 10.0. The van der Waals surface area contributed by atoms with Crippen LogP contribution >= 0.6 is 11.3 Å². The smallest absolute Gasteiger partial charge is 0.251 e. The summed E-state index contributed by atoms with van der Waals surface area (Å²) in [4.78, 5) is 13.2. The fourth-order valence-corrected chi connectivity index (χ4v) is 3.09. The van der Waals surface area contributed by atoms with E-state index in [4.69, 9.17) is 4.42 Å². The molecule has 3 aromatic rings. The largest absolute Gasteiger partial charge is 0.469 e. The molecule has 23 heavy (non-hydrogen) atoms. The number of carbonyl (C=O) groups is 1. The summed E-state index contributed by atoms with van der Waals surface area (Å²) >= 11 is 1.56. The highest BCUT2D eigenvalue weighted by molar-refractivity contribution is 7.10. The van der Waals surface area contributed by atoms with Gasteiger partial charge in [-0.15, -0.1) is 11.3 Å². The van der Waals surface area contributed by atoms with Gasteiger partial charge in [0.05, 0.1) is 12.2 Å². The van der Waals surface area contributed by atoms with Crippen molar-refractivity contribution < 1.29 is 18.0 Å². The molecule has 1 aromatic carbocycles. The molecule has 3 nitrogen and oxygen atoms in total. The second-order valence-electron chi connectivity index (χ2n) is 4.92. The Morgan fingerprint density at radius 3 is 2.70 bits per heavy atom. The van der Waals surface area contributed by atoms with Gasteiger partial charge < -0.3 is 9.73 Å². The molecule has 1 atom stereocenters. The third-order valence-corrected chi connectivity index (χ3v) is 4.41. The minimum atomic E-state index is -1.04. The highest BCUT2D eigenvalue weighted by Gasteiger charge is 2.19. The highest BCUT2D eigenvalue weighted by atomic mass is 32.1. The molecule has 2 heterocycles. The van der Waals surface area contributed by atoms with E-state index in [1.807, 2.05) is 23.6 Å². The van der Waals surface area contributed by atoms with Gasteiger partial charge in [-0.25, -0.2) is 8.78 Å². The fourth-order valence-electron chi connectivity index (χ4n) is 2.25. The number of thiophene rings is 1. The van der Waals surface area contributed by atoms with E-state index in [-0.39, 0.29) is 11.5 Å². The van der Waals surface area contributed by atoms with Gasteiger partial charge >= 0.3 is 0 Å². The standard InChI is InChI=1S/C17H13F2NO2S/c18-13-6-5-11(9-14(13)19)17(21)20-10-12(15-3-1-7-22-15)16-4-2-8-23-16/h1-9,12H,10H2,(H,20,21)/t12-/m0/s1. The average Bonchev–Trinajstić information content (AvgIpc) is 3.24. The van der Waals surface area contributed by atoms with E-state index >= 15 is 0 Å². The number of amides is 1. The molecule has 0 saturated carbocycles. The van der Waals surface area contributed by atoms with E-state index in [1.165, 1.54) is 6.07 Å². The zero-order valence-electron chi connectivity index (χ0n) is 12.0. The zero-order chi connectivity index (χ0) is 16.2. The Balaban J connectivity index is 1.74. The Morgan fingerprint density at radius 2 is 2.04 bits per heavy atom. The van der Waals surface area contributed by atoms with Gasteiger partial charge in [-0.3, -0.25) is 4.79 Å². The Hall–Kier alpha value is -2.47. The van der Waals surface area contributed by atoms with Crippen LogP contribution in [0.2, 0.25) is 0 Å². The minimum Gasteiger partial charge on any atom is -0.469 e. The Labute approximate surface area is 135 Å². The van der Waals surface area contributed by atoms with Gasteiger partial charge in [-0.2, -0.15) is 0 Å². The van der Waals surface area contributed by atoms with Crippen LogP contribution in [0.25, 0.3) is 0 Å². The number of rotatable bonds is 5. The van der Waals surface area contributed by atoms with Crippen molar-refractivity contribution in [2.75, 3.05) is 6.54 Å². The third kappa shape index (κ3) is 3.48. The van der Waals surface area contributed by atoms with Gasteiger partial charge in [-0.1, -0.05) is 6.07 Å². The SMILES string of the molecule is O=C(NC[C@@H](c1ccco1)c1cccs1)c1ccc(F)c(F)c1. The summed E-state index contributed by atoms with van der Waals surface area (Å²) in [5.74, 6) is -1.87. The van der Waals surface area contributed by atoms with Crippen LogP contribution < -0.4 is 5.32 Å². The van der Waals surface area contributed by atoms with E-state index in [1.54, 1.807) is 23.7 Å². The van der Waals surface area contributed by atoms with Crippen LogP contribution in [-0.4, -0.2) is 12.5 Å². The molecule has 0 aliphatic carbocycles. The molecule has 0 bridgehead atoms. The van der Waals surface area contributed by atoms with Crippen LogP contribution in [-0.2, 0) is 0 Å². The van der Waals surface area contributed by atoms with Gasteiger partial charge in [0.2, 0.25) is 0 Å². The maximum atomic E-state index is 13.2. The number of furan rings is 1. The number of halogens is 2. The van der Waals surface area contributed by atoms with Crippen molar-refractivity contribution in [2.45, 2.75) is 5.92 Å². The Bertz CT molecular complexity index is 751. The van der Waals surface area contributed by atoms with Crippen molar-refractivity contribution in [3.63, 3.8) is 0 Å². The first-order chi connectivity index (χ1) is 11.1. The second-order valence-corrected chi connectivity index (χ2v) is 5.90. The molecule has 0 spiro atoms. The van der Waals surface area contributed by atoms with E-state index in [2.05, 4.69) is 5.32 Å². The van der Waals surface area contributed by atoms with Crippen molar-refractivity contribution in [3.05, 3.63) is 81.9 Å². The van der Waals surface area contributed by atoms with E-state index in [0.29, 0.717) is 6.54 Å². The summed E-state index contributed by atoms with van der Waals surface area (Å²) in [5, 5.41) is 4.69. The van der Waals surface area contributed by atoms with Crippen LogP contribution in [0.5, 0.6) is 0 Å². The van der Waals surface area contributed by atoms with Crippen LogP contribution in [0, 0.1) is 11.6 Å². The molecule has 1 N–H and O–H groups in total. The van der Waals surface area contributed by atoms with Gasteiger partial charge in [0, 0.05) is 17.0 Å². The van der Waals surface area contributed by atoms with Crippen LogP contribution in [0.4, 0.5) is 8.78 Å². The quantitative estimate of drug-likeness (QED) is 0.761. The number of nitrogens with one attached hydrogen (secondary N) is 1. The van der Waals surface area contributed by atoms with Crippen molar-refractivity contribution in [2.24, 2.45) is 0 Å². The normalized spacial score (nSPS) is 12.1. The Morgan fingerprint density at radius 1 is 1.17 bits per heavy atom. The molecule has 0 radical (unpaired) electrons. The summed E-state index contributed by atoms with van der Waals surface area (Å²) in [5.41, 5.74) is 0.0771. The monoisotopic (exact) mass is 333 g/mol. The molecule has 118 valence electrons. The average molecular weight is 333 g/mol. The maximum Gasteiger partial charge on any atom is 0.251 e. The molecule has 0 aliphatic rings. The first-order valence-corrected chi connectivity index (χ1v) is 7.83. The molecular weight excluding hydrogens is 320 g/mol. The summed E-state index contributed by atoms with van der Waals surface area (Å²) in [6, 6.07) is 10.6. The molecule has 3 rings (SSSR count). The van der Waals surface area contributed by atoms with Crippen LogP contribution in [0.15, 0.2) is 58.5 Å². The lowest BCUT2D eigenvalue weighted by molar-refractivity contribution is 0.0951. The molecular formula is C17H13F2NO2S. The molecule has 1 amide bonds. The molecule has 0 saturated heterocycles. The van der Waals surface area contributed by atoms with Crippen LogP contribution in [0.3, 0.4) is 0 Å². The summed E-state index contributed by atoms with van der Waals surface area (Å²) in [7, 11) is 0. The molecule has 6 heteroatoms. The molecule has 0 fully saturated rings. The van der Waals surface area contributed by atoms with Crippen LogP contribution in [0.1, 0.15) is 26.9 Å². The topological polar surface area (TPSA) is 42.2 Å². The van der Waals surface area contributed by atoms with Crippen molar-refractivity contribution in [3.8, 4) is 0 Å². The fraction of sp³-hybridized carbons (Fsp3) is 0.118. The van der Waals surface area contributed by atoms with Gasteiger partial charge in [-0.05, 0) is 41.8 Å². The first-order valence-electron chi connectivity index (χ1n) is 6.95. The molecule has 0 aliphatic heterocycles. The van der Waals surface area contributed by atoms with Crippen molar-refractivity contribution in [1.29, 1.82) is 0 Å². The minimum absolute atomic E-state index is 0.0771. The Kier molecular flexibility index (Phi) is 4.52. The number of carbonyl (C=O) groups excluding carboxylic acids is 1. The second kappa shape index (κ2) is 6.75. The van der Waals surface area contributed by atoms with Crippen molar-refractivity contribution in [1.82, 2.24) is 5.32 Å². The van der Waals surface area contributed by atoms with Crippen molar-refractivity contribution >= 4 is 17.2 Å². The van der Waals surface area contributed by atoms with E-state index in [0.717, 1.165) is 22.8 Å². The summed E-state index contributed by atoms with van der Waals surface area (Å²) in [6.07, 6.45) is 1.58. The molecule has 2 aromatic heterocycles. The predicted octanol–water partition coefficient (Wildman–Crippen LogP) is 4.18. The highest BCUT2D eigenvalue weighted by Crippen LogP contribution is 2.28. The van der Waals surface area contributed by atoms with Gasteiger partial charge in [0.15, 0.2) is 11.6 Å². The maximum absolute atomic E-state index is 13.2. The third-order valence-electron chi connectivity index (χ3n) is 3.42. The number of hydrogen-bond acceptors (Lipinski definition) is 3. The number of benzene rings is 1. The predicted molar refractivity (Wildman–Crippen MR) is 83.6 cm³/mol.